The molecule has 0 aliphatic carbocycles. The fraction of sp³-hybridized carbons (Fsp3) is 0.235. The highest BCUT2D eigenvalue weighted by Gasteiger charge is 2.13. The van der Waals surface area contributed by atoms with Gasteiger partial charge < -0.3 is 14.8 Å². The largest absolute Gasteiger partial charge is 0.454 e. The first-order chi connectivity index (χ1) is 10.7. The molecule has 4 nitrogen and oxygen atoms in total. The summed E-state index contributed by atoms with van der Waals surface area (Å²) in [5, 5.41) is 4.54. The van der Waals surface area contributed by atoms with Crippen molar-refractivity contribution in [2.75, 3.05) is 6.79 Å². The van der Waals surface area contributed by atoms with E-state index in [0.29, 0.717) is 6.79 Å². The topological polar surface area (TPSA) is 42.8 Å². The van der Waals surface area contributed by atoms with Gasteiger partial charge in [-0.2, -0.15) is 0 Å². The molecule has 1 N–H and O–H groups in total. The van der Waals surface area contributed by atoms with Gasteiger partial charge in [-0.15, -0.1) is 11.3 Å². The maximum Gasteiger partial charge on any atom is 0.231 e. The zero-order valence-corrected chi connectivity index (χ0v) is 13.2. The molecule has 0 amide bonds. The molecule has 0 spiro atoms. The molecule has 0 saturated heterocycles. The van der Waals surface area contributed by atoms with Crippen LogP contribution in [0.4, 0.5) is 0 Å². The molecule has 2 aliphatic heterocycles. The number of ether oxygens (including phenoxy) is 2. The Labute approximate surface area is 132 Å². The number of hydrogen-bond acceptors (Lipinski definition) is 5. The van der Waals surface area contributed by atoms with E-state index in [9.17, 15) is 0 Å². The van der Waals surface area contributed by atoms with Crippen molar-refractivity contribution in [2.24, 2.45) is 4.99 Å². The minimum absolute atomic E-state index is 0.0321. The predicted octanol–water partition coefficient (Wildman–Crippen LogP) is 2.09. The van der Waals surface area contributed by atoms with Crippen LogP contribution in [0.3, 0.4) is 0 Å². The van der Waals surface area contributed by atoms with Crippen LogP contribution in [0.1, 0.15) is 16.0 Å². The number of fused-ring (bicyclic) bond motifs is 2. The summed E-state index contributed by atoms with van der Waals surface area (Å²) in [6.07, 6.45) is 6.14. The van der Waals surface area contributed by atoms with Crippen LogP contribution in [0.15, 0.2) is 29.3 Å². The smallest absolute Gasteiger partial charge is 0.231 e. The average molecular weight is 312 g/mol. The second-order valence-electron chi connectivity index (χ2n) is 5.36. The van der Waals surface area contributed by atoms with Crippen LogP contribution in [0.2, 0.25) is 0 Å². The number of nitrogens with one attached hydrogen (secondary N) is 1. The van der Waals surface area contributed by atoms with Crippen LogP contribution >= 0.6 is 11.3 Å². The van der Waals surface area contributed by atoms with Crippen molar-refractivity contribution in [3.63, 3.8) is 0 Å². The summed E-state index contributed by atoms with van der Waals surface area (Å²) in [5.74, 6) is 1.61. The second kappa shape index (κ2) is 5.18. The highest BCUT2D eigenvalue weighted by Crippen LogP contribution is 2.32. The number of benzene rings is 1. The molecular weight excluding hydrogens is 296 g/mol. The Morgan fingerprint density at radius 2 is 2.14 bits per heavy atom. The number of aryl methyl sites for hydroxylation is 1. The fourth-order valence-corrected chi connectivity index (χ4v) is 3.58. The molecule has 1 aromatic carbocycles. The standard InChI is InChI=1S/C17H16N2O2S/c1-10-11(2)22-17-13(10)8-18-16(19-17)6-4-12-3-5-14-15(7-12)21-9-20-14/h3-8,16,18H,9H2,1-2H3/t16-/m1/s1. The van der Waals surface area contributed by atoms with Crippen molar-refractivity contribution < 1.29 is 9.47 Å². The Balaban J connectivity index is 1.59. The van der Waals surface area contributed by atoms with Gasteiger partial charge in [-0.1, -0.05) is 12.1 Å². The van der Waals surface area contributed by atoms with Gasteiger partial charge in [-0.25, -0.2) is 4.99 Å². The molecule has 0 fully saturated rings. The van der Waals surface area contributed by atoms with Gasteiger partial charge in [-0.3, -0.25) is 0 Å². The molecule has 2 aliphatic rings. The molecule has 0 unspecified atom stereocenters. The summed E-state index contributed by atoms with van der Waals surface area (Å²) < 4.78 is 11.8. The van der Waals surface area contributed by atoms with E-state index in [4.69, 9.17) is 14.5 Å². The monoisotopic (exact) mass is 312 g/mol. The molecule has 0 saturated carbocycles. The van der Waals surface area contributed by atoms with Crippen molar-refractivity contribution >= 4 is 23.6 Å². The first kappa shape index (κ1) is 13.4. The summed E-state index contributed by atoms with van der Waals surface area (Å²) >= 11 is 1.75. The maximum atomic E-state index is 5.39. The van der Waals surface area contributed by atoms with Crippen molar-refractivity contribution in [1.29, 1.82) is 0 Å². The fourth-order valence-electron chi connectivity index (χ4n) is 2.54. The lowest BCUT2D eigenvalue weighted by molar-refractivity contribution is 0.174. The molecule has 0 radical (unpaired) electrons. The summed E-state index contributed by atoms with van der Waals surface area (Å²) in [4.78, 5) is 6.07. The van der Waals surface area contributed by atoms with Crippen LogP contribution < -0.4 is 24.7 Å². The minimum atomic E-state index is -0.0321. The summed E-state index contributed by atoms with van der Waals surface area (Å²) in [6.45, 7) is 4.58. The molecule has 0 bridgehead atoms. The van der Waals surface area contributed by atoms with Crippen LogP contribution in [-0.4, -0.2) is 13.0 Å². The molecule has 112 valence electrons. The van der Waals surface area contributed by atoms with Crippen LogP contribution in [0.5, 0.6) is 11.5 Å². The van der Waals surface area contributed by atoms with E-state index in [1.165, 1.54) is 15.7 Å². The Morgan fingerprint density at radius 3 is 3.05 bits per heavy atom. The van der Waals surface area contributed by atoms with E-state index < -0.39 is 0 Å². The summed E-state index contributed by atoms with van der Waals surface area (Å²) in [5.41, 5.74) is 2.39. The SMILES string of the molecule is Cc1sc2c(c1C)=CN[C@@H](C=Cc1ccc3c(c1)OCO3)N=2. The molecule has 1 atom stereocenters. The second-order valence-corrected chi connectivity index (χ2v) is 6.56. The Morgan fingerprint density at radius 1 is 1.27 bits per heavy atom. The molecule has 4 rings (SSSR count). The lowest BCUT2D eigenvalue weighted by Crippen LogP contribution is -2.36. The van der Waals surface area contributed by atoms with E-state index in [1.54, 1.807) is 11.3 Å². The predicted molar refractivity (Wildman–Crippen MR) is 87.6 cm³/mol. The first-order valence-corrected chi connectivity index (χ1v) is 8.00. The molecular formula is C17H16N2O2S. The van der Waals surface area contributed by atoms with Gasteiger partial charge in [0.15, 0.2) is 11.5 Å². The van der Waals surface area contributed by atoms with E-state index in [-0.39, 0.29) is 6.17 Å². The van der Waals surface area contributed by atoms with Gasteiger partial charge in [0.1, 0.15) is 10.8 Å². The van der Waals surface area contributed by atoms with Crippen LogP contribution in [0.25, 0.3) is 12.3 Å². The molecule has 5 heteroatoms. The number of hydrogen-bond donors (Lipinski definition) is 1. The lowest BCUT2D eigenvalue weighted by Gasteiger charge is -2.10. The zero-order valence-electron chi connectivity index (χ0n) is 12.4. The Kier molecular flexibility index (Phi) is 3.15. The van der Waals surface area contributed by atoms with Crippen molar-refractivity contribution in [2.45, 2.75) is 20.0 Å². The van der Waals surface area contributed by atoms with E-state index in [2.05, 4.69) is 37.5 Å². The van der Waals surface area contributed by atoms with Gasteiger partial charge in [0, 0.05) is 16.3 Å². The third-order valence-electron chi connectivity index (χ3n) is 3.93. The normalized spacial score (nSPS) is 18.5. The van der Waals surface area contributed by atoms with E-state index >= 15 is 0 Å². The quantitative estimate of drug-likeness (QED) is 0.923. The van der Waals surface area contributed by atoms with Crippen molar-refractivity contribution in [3.8, 4) is 11.5 Å². The summed E-state index contributed by atoms with van der Waals surface area (Å²) in [7, 11) is 0. The van der Waals surface area contributed by atoms with Gasteiger partial charge in [0.2, 0.25) is 6.79 Å². The first-order valence-electron chi connectivity index (χ1n) is 7.19. The number of thiophene rings is 1. The number of rotatable bonds is 2. The van der Waals surface area contributed by atoms with E-state index in [1.807, 2.05) is 18.2 Å². The van der Waals surface area contributed by atoms with Gasteiger partial charge in [0.25, 0.3) is 0 Å². The van der Waals surface area contributed by atoms with E-state index in [0.717, 1.165) is 21.7 Å². The highest BCUT2D eigenvalue weighted by atomic mass is 32.1. The third kappa shape index (κ3) is 2.27. The van der Waals surface area contributed by atoms with Crippen molar-refractivity contribution in [3.05, 3.63) is 50.2 Å². The van der Waals surface area contributed by atoms with Crippen LogP contribution in [-0.2, 0) is 0 Å². The number of nitrogens with zero attached hydrogens (tertiary/aromatic N) is 1. The maximum absolute atomic E-state index is 5.39. The Bertz CT molecular complexity index is 883. The highest BCUT2D eigenvalue weighted by molar-refractivity contribution is 7.09. The van der Waals surface area contributed by atoms with Gasteiger partial charge in [0.05, 0.1) is 0 Å². The molecule has 2 aromatic rings. The Hall–Kier alpha value is -2.27. The molecule has 22 heavy (non-hydrogen) atoms. The van der Waals surface area contributed by atoms with Gasteiger partial charge >= 0.3 is 0 Å². The average Bonchev–Trinajstić information content (AvgIpc) is 3.10. The third-order valence-corrected chi connectivity index (χ3v) is 5.07. The summed E-state index contributed by atoms with van der Waals surface area (Å²) in [6, 6.07) is 5.93. The molecule has 3 heterocycles. The van der Waals surface area contributed by atoms with Crippen LogP contribution in [0, 0.1) is 13.8 Å². The lowest BCUT2D eigenvalue weighted by atomic mass is 10.2. The zero-order chi connectivity index (χ0) is 15.1. The van der Waals surface area contributed by atoms with Gasteiger partial charge in [-0.05, 0) is 43.2 Å². The van der Waals surface area contributed by atoms with Crippen molar-refractivity contribution in [1.82, 2.24) is 5.32 Å². The minimum Gasteiger partial charge on any atom is -0.454 e. The molecule has 1 aromatic heterocycles.